The molecule has 1 heterocycles. The van der Waals surface area contributed by atoms with Crippen molar-refractivity contribution >= 4 is 11.6 Å². The van der Waals surface area contributed by atoms with E-state index in [4.69, 9.17) is 9.47 Å². The monoisotopic (exact) mass is 448 g/mol. The Morgan fingerprint density at radius 3 is 2.58 bits per heavy atom. The molecule has 1 fully saturated rings. The Hall–Kier alpha value is -3.19. The van der Waals surface area contributed by atoms with Crippen LogP contribution < -0.4 is 10.1 Å². The van der Waals surface area contributed by atoms with Crippen molar-refractivity contribution in [2.75, 3.05) is 25.6 Å². The second kappa shape index (κ2) is 11.1. The number of methoxy groups -OCH3 is 1. The molecule has 1 aromatic heterocycles. The van der Waals surface area contributed by atoms with Crippen LogP contribution in [-0.4, -0.2) is 41.0 Å². The van der Waals surface area contributed by atoms with Crippen LogP contribution in [0.3, 0.4) is 0 Å². The van der Waals surface area contributed by atoms with Gasteiger partial charge in [-0.2, -0.15) is 4.98 Å². The molecule has 174 valence electrons. The number of hydrogen-bond acceptors (Lipinski definition) is 5. The zero-order chi connectivity index (χ0) is 23.0. The number of anilines is 1. The molecule has 0 atom stereocenters. The van der Waals surface area contributed by atoms with Crippen LogP contribution in [0.4, 0.5) is 5.69 Å². The molecule has 1 saturated carbocycles. The van der Waals surface area contributed by atoms with Gasteiger partial charge < -0.3 is 14.8 Å². The Balaban J connectivity index is 1.50. The summed E-state index contributed by atoms with van der Waals surface area (Å²) in [5.74, 6) is 1.49. The number of nitrogens with one attached hydrogen (secondary N) is 1. The molecule has 0 bridgehead atoms. The summed E-state index contributed by atoms with van der Waals surface area (Å²) in [5.41, 5.74) is 3.70. The topological polar surface area (TPSA) is 78.3 Å². The molecular formula is C26H32N4O3. The molecule has 7 nitrogen and oxygen atoms in total. The van der Waals surface area contributed by atoms with E-state index < -0.39 is 0 Å². The Labute approximate surface area is 195 Å². The predicted molar refractivity (Wildman–Crippen MR) is 129 cm³/mol. The highest BCUT2D eigenvalue weighted by molar-refractivity contribution is 5.90. The Morgan fingerprint density at radius 1 is 1.09 bits per heavy atom. The van der Waals surface area contributed by atoms with E-state index in [-0.39, 0.29) is 5.91 Å². The van der Waals surface area contributed by atoms with Crippen LogP contribution in [0.25, 0.3) is 17.1 Å². The van der Waals surface area contributed by atoms with Crippen LogP contribution in [0.15, 0.2) is 48.5 Å². The maximum absolute atomic E-state index is 12.4. The van der Waals surface area contributed by atoms with Gasteiger partial charge in [-0.05, 0) is 49.1 Å². The largest absolute Gasteiger partial charge is 0.460 e. The highest BCUT2D eigenvalue weighted by Crippen LogP contribution is 2.29. The van der Waals surface area contributed by atoms with Crippen molar-refractivity contribution in [1.82, 2.24) is 14.8 Å². The average molecular weight is 449 g/mol. The third kappa shape index (κ3) is 5.99. The molecular weight excluding hydrogens is 416 g/mol. The third-order valence-electron chi connectivity index (χ3n) is 6.14. The molecule has 1 N–H and O–H groups in total. The van der Waals surface area contributed by atoms with Gasteiger partial charge in [0.25, 0.3) is 0 Å². The van der Waals surface area contributed by atoms with Crippen LogP contribution in [0, 0.1) is 12.8 Å². The average Bonchev–Trinajstić information content (AvgIpc) is 3.49. The van der Waals surface area contributed by atoms with E-state index in [0.29, 0.717) is 37.4 Å². The van der Waals surface area contributed by atoms with Gasteiger partial charge in [0.2, 0.25) is 5.91 Å². The van der Waals surface area contributed by atoms with Crippen LogP contribution in [0.2, 0.25) is 0 Å². The summed E-state index contributed by atoms with van der Waals surface area (Å²) in [4.78, 5) is 17.0. The molecule has 1 amide bonds. The molecule has 1 aliphatic rings. The zero-order valence-electron chi connectivity index (χ0n) is 19.4. The Kier molecular flexibility index (Phi) is 7.73. The van der Waals surface area contributed by atoms with Gasteiger partial charge >= 0.3 is 6.01 Å². The normalized spacial score (nSPS) is 13.9. The number of carbonyl (C=O) groups is 1. The van der Waals surface area contributed by atoms with E-state index in [1.807, 2.05) is 55.5 Å². The summed E-state index contributed by atoms with van der Waals surface area (Å²) in [6.45, 7) is 2.88. The van der Waals surface area contributed by atoms with Gasteiger partial charge in [0, 0.05) is 24.8 Å². The number of benzene rings is 2. The first-order valence-electron chi connectivity index (χ1n) is 11.7. The standard InChI is InChI=1S/C26H32N4O3/c1-19-7-3-6-10-23(19)25-28-26(33-18-17-32-2)29-30(25)22-14-12-21(13-15-22)27-24(31)16-11-20-8-4-5-9-20/h3,6-7,10,12-15,20H,4-5,8-9,11,16-18H2,1-2H3,(H,27,31). The number of aryl methyl sites for hydroxylation is 1. The van der Waals surface area contributed by atoms with Crippen LogP contribution in [0.1, 0.15) is 44.1 Å². The zero-order valence-corrected chi connectivity index (χ0v) is 19.4. The molecule has 0 unspecified atom stereocenters. The minimum Gasteiger partial charge on any atom is -0.460 e. The van der Waals surface area contributed by atoms with Gasteiger partial charge in [-0.25, -0.2) is 4.68 Å². The Morgan fingerprint density at radius 2 is 1.85 bits per heavy atom. The quantitative estimate of drug-likeness (QED) is 0.433. The fourth-order valence-electron chi connectivity index (χ4n) is 4.29. The highest BCUT2D eigenvalue weighted by atomic mass is 16.5. The number of ether oxygens (including phenoxy) is 2. The van der Waals surface area contributed by atoms with Crippen molar-refractivity contribution in [3.05, 3.63) is 54.1 Å². The summed E-state index contributed by atoms with van der Waals surface area (Å²) in [7, 11) is 1.63. The SMILES string of the molecule is COCCOc1nc(-c2ccccc2C)n(-c2ccc(NC(=O)CCC3CCCC3)cc2)n1. The van der Waals surface area contributed by atoms with E-state index >= 15 is 0 Å². The second-order valence-corrected chi connectivity index (χ2v) is 8.57. The lowest BCUT2D eigenvalue weighted by Crippen LogP contribution is -2.12. The van der Waals surface area contributed by atoms with Crippen molar-refractivity contribution < 1.29 is 14.3 Å². The highest BCUT2D eigenvalue weighted by Gasteiger charge is 2.18. The van der Waals surface area contributed by atoms with Gasteiger partial charge in [0.05, 0.1) is 12.3 Å². The lowest BCUT2D eigenvalue weighted by atomic mass is 10.0. The molecule has 4 rings (SSSR count). The number of carbonyl (C=O) groups excluding carboxylic acids is 1. The number of rotatable bonds is 10. The minimum absolute atomic E-state index is 0.0739. The number of amides is 1. The Bertz CT molecular complexity index is 1060. The van der Waals surface area contributed by atoms with Crippen molar-refractivity contribution in [2.45, 2.75) is 45.4 Å². The lowest BCUT2D eigenvalue weighted by molar-refractivity contribution is -0.116. The molecule has 0 spiro atoms. The van der Waals surface area contributed by atoms with E-state index in [1.165, 1.54) is 25.7 Å². The van der Waals surface area contributed by atoms with Gasteiger partial charge in [0.1, 0.15) is 6.61 Å². The maximum atomic E-state index is 12.4. The summed E-state index contributed by atoms with van der Waals surface area (Å²) in [6.07, 6.45) is 6.70. The molecule has 1 aliphatic carbocycles. The number of hydrogen-bond donors (Lipinski definition) is 1. The van der Waals surface area contributed by atoms with Crippen LogP contribution in [0.5, 0.6) is 6.01 Å². The first-order chi connectivity index (χ1) is 16.1. The molecule has 7 heteroatoms. The van der Waals surface area contributed by atoms with Gasteiger partial charge in [-0.1, -0.05) is 49.9 Å². The molecule has 0 saturated heterocycles. The predicted octanol–water partition coefficient (Wildman–Crippen LogP) is 5.18. The maximum Gasteiger partial charge on any atom is 0.336 e. The summed E-state index contributed by atoms with van der Waals surface area (Å²) >= 11 is 0. The van der Waals surface area contributed by atoms with Crippen LogP contribution >= 0.6 is 0 Å². The fraction of sp³-hybridized carbons (Fsp3) is 0.423. The van der Waals surface area contributed by atoms with Crippen molar-refractivity contribution in [1.29, 1.82) is 0 Å². The second-order valence-electron chi connectivity index (χ2n) is 8.57. The number of nitrogens with zero attached hydrogens (tertiary/aromatic N) is 3. The molecule has 33 heavy (non-hydrogen) atoms. The van der Waals surface area contributed by atoms with E-state index in [9.17, 15) is 4.79 Å². The van der Waals surface area contributed by atoms with Crippen LogP contribution in [-0.2, 0) is 9.53 Å². The van der Waals surface area contributed by atoms with Gasteiger partial charge in [-0.3, -0.25) is 4.79 Å². The van der Waals surface area contributed by atoms with Crippen molar-refractivity contribution in [2.24, 2.45) is 5.92 Å². The molecule has 3 aromatic rings. The summed E-state index contributed by atoms with van der Waals surface area (Å²) in [5, 5.41) is 7.59. The third-order valence-corrected chi connectivity index (χ3v) is 6.14. The molecule has 0 aliphatic heterocycles. The first kappa shape index (κ1) is 23.0. The van der Waals surface area contributed by atoms with Gasteiger partial charge in [0.15, 0.2) is 5.82 Å². The van der Waals surface area contributed by atoms with Gasteiger partial charge in [-0.15, -0.1) is 5.10 Å². The minimum atomic E-state index is 0.0739. The van der Waals surface area contributed by atoms with Crippen molar-refractivity contribution in [3.8, 4) is 23.1 Å². The first-order valence-corrected chi connectivity index (χ1v) is 11.7. The van der Waals surface area contributed by atoms with E-state index in [2.05, 4.69) is 15.4 Å². The van der Waals surface area contributed by atoms with E-state index in [1.54, 1.807) is 11.8 Å². The number of aromatic nitrogens is 3. The molecule has 0 radical (unpaired) electrons. The molecule has 2 aromatic carbocycles. The fourth-order valence-corrected chi connectivity index (χ4v) is 4.29. The van der Waals surface area contributed by atoms with Crippen molar-refractivity contribution in [3.63, 3.8) is 0 Å². The summed E-state index contributed by atoms with van der Waals surface area (Å²) < 4.78 is 12.5. The lowest BCUT2D eigenvalue weighted by Gasteiger charge is -2.11. The van der Waals surface area contributed by atoms with E-state index in [0.717, 1.165) is 28.9 Å². The smallest absolute Gasteiger partial charge is 0.336 e. The summed E-state index contributed by atoms with van der Waals surface area (Å²) in [6, 6.07) is 16.0.